The van der Waals surface area contributed by atoms with E-state index in [0.29, 0.717) is 0 Å². The number of hydrogen-bond acceptors (Lipinski definition) is 15. The van der Waals surface area contributed by atoms with E-state index in [2.05, 4.69) is 0 Å². The highest BCUT2D eigenvalue weighted by Gasteiger charge is 2.51. The molecule has 0 aromatic rings. The number of ether oxygens (including phenoxy) is 4. The number of nitrogens with two attached hydrogens (primary N) is 5. The molecular formula is C18H37N5O10. The lowest BCUT2D eigenvalue weighted by molar-refractivity contribution is -0.330. The Morgan fingerprint density at radius 1 is 0.606 bits per heavy atom. The fourth-order valence-corrected chi connectivity index (χ4v) is 4.44. The van der Waals surface area contributed by atoms with Gasteiger partial charge in [-0.2, -0.15) is 0 Å². The van der Waals surface area contributed by atoms with Crippen molar-refractivity contribution in [3.05, 3.63) is 0 Å². The Labute approximate surface area is 190 Å². The molecule has 1 unspecified atom stereocenters. The van der Waals surface area contributed by atoms with E-state index in [-0.39, 0.29) is 19.5 Å². The first-order valence-corrected chi connectivity index (χ1v) is 10.9. The van der Waals surface area contributed by atoms with E-state index >= 15 is 0 Å². The van der Waals surface area contributed by atoms with Crippen molar-refractivity contribution in [3.63, 3.8) is 0 Å². The summed E-state index contributed by atoms with van der Waals surface area (Å²) in [6.45, 7) is -0.253. The highest BCUT2D eigenvalue weighted by molar-refractivity contribution is 5.01. The first-order chi connectivity index (χ1) is 15.5. The minimum Gasteiger partial charge on any atom is -0.389 e. The van der Waals surface area contributed by atoms with Crippen molar-refractivity contribution in [1.29, 1.82) is 0 Å². The summed E-state index contributed by atoms with van der Waals surface area (Å²) >= 11 is 0. The Hall–Kier alpha value is -0.600. The molecule has 15 atom stereocenters. The van der Waals surface area contributed by atoms with Crippen LogP contribution in [0.2, 0.25) is 0 Å². The van der Waals surface area contributed by atoms with Gasteiger partial charge in [0.15, 0.2) is 12.6 Å². The van der Waals surface area contributed by atoms with Crippen molar-refractivity contribution in [1.82, 2.24) is 0 Å². The van der Waals surface area contributed by atoms with E-state index in [4.69, 9.17) is 47.6 Å². The van der Waals surface area contributed by atoms with E-state index in [1.807, 2.05) is 0 Å². The topological polar surface area (TPSA) is 288 Å². The van der Waals surface area contributed by atoms with Crippen LogP contribution >= 0.6 is 0 Å². The summed E-state index contributed by atoms with van der Waals surface area (Å²) in [7, 11) is 0. The van der Waals surface area contributed by atoms with Gasteiger partial charge in [0.1, 0.15) is 54.9 Å². The molecule has 0 spiro atoms. The molecule has 0 amide bonds. The maximum absolute atomic E-state index is 11.0. The van der Waals surface area contributed by atoms with Gasteiger partial charge in [0.05, 0.1) is 12.1 Å². The molecule has 2 aliphatic heterocycles. The zero-order chi connectivity index (χ0) is 24.6. The normalized spacial score (nSPS) is 53.7. The van der Waals surface area contributed by atoms with Gasteiger partial charge in [0.2, 0.25) is 0 Å². The maximum atomic E-state index is 11.0. The minimum absolute atomic E-state index is 0.0925. The summed E-state index contributed by atoms with van der Waals surface area (Å²) in [4.78, 5) is 0. The molecule has 194 valence electrons. The third-order valence-electron chi connectivity index (χ3n) is 6.53. The van der Waals surface area contributed by atoms with Gasteiger partial charge in [-0.1, -0.05) is 0 Å². The SMILES string of the molecule is NC[C@H]1OC(O[C@@H]2[C@@H](O)[C@H](O[C@H]3O[C@H](CN)[C@@H](O)[C@H](O)[C@H]3O)[C@@H](N)C[C@H]2N)[C@H](O)[C@@H](N)[C@@H]1O. The average Bonchev–Trinajstić information content (AvgIpc) is 2.79. The fourth-order valence-electron chi connectivity index (χ4n) is 4.44. The Morgan fingerprint density at radius 3 is 1.55 bits per heavy atom. The van der Waals surface area contributed by atoms with Crippen LogP contribution in [0.25, 0.3) is 0 Å². The van der Waals surface area contributed by atoms with Crippen LogP contribution in [0.4, 0.5) is 0 Å². The van der Waals surface area contributed by atoms with Gasteiger partial charge >= 0.3 is 0 Å². The van der Waals surface area contributed by atoms with Crippen molar-refractivity contribution in [3.8, 4) is 0 Å². The second kappa shape index (κ2) is 11.0. The Kier molecular flexibility index (Phi) is 8.99. The fraction of sp³-hybridized carbons (Fsp3) is 1.00. The Balaban J connectivity index is 1.72. The second-order valence-electron chi connectivity index (χ2n) is 8.84. The van der Waals surface area contributed by atoms with E-state index in [9.17, 15) is 30.6 Å². The van der Waals surface area contributed by atoms with Crippen LogP contribution in [0, 0.1) is 0 Å². The van der Waals surface area contributed by atoms with Crippen LogP contribution in [0.5, 0.6) is 0 Å². The predicted octanol–water partition coefficient (Wildman–Crippen LogP) is -7.33. The largest absolute Gasteiger partial charge is 0.389 e. The molecule has 0 radical (unpaired) electrons. The predicted molar refractivity (Wildman–Crippen MR) is 110 cm³/mol. The maximum Gasteiger partial charge on any atom is 0.187 e. The standard InChI is InChI=1S/C18H37N5O10/c19-2-6-9(24)8(23)11(26)17(30-6)32-15-4(21)1-5(22)16(14(15)29)33-18-13(28)12(27)10(25)7(3-20)31-18/h4-18,24-29H,1-3,19-23H2/t4-,5+,6-,7-,8+,9-,10-,11-,12+,13-,14-,15+,16-,17?,18-/m1/s1. The minimum atomic E-state index is -1.65. The quantitative estimate of drug-likeness (QED) is 0.167. The number of aliphatic hydroxyl groups excluding tert-OH is 6. The van der Waals surface area contributed by atoms with Gasteiger partial charge < -0.3 is 78.3 Å². The van der Waals surface area contributed by atoms with Crippen LogP contribution in [-0.4, -0.2) is 135 Å². The number of rotatable bonds is 6. The number of hydrogen-bond donors (Lipinski definition) is 11. The zero-order valence-corrected chi connectivity index (χ0v) is 18.0. The van der Waals surface area contributed by atoms with Crippen LogP contribution < -0.4 is 28.7 Å². The average molecular weight is 484 g/mol. The molecule has 2 saturated heterocycles. The highest BCUT2D eigenvalue weighted by atomic mass is 16.7. The molecule has 0 aromatic heterocycles. The molecule has 33 heavy (non-hydrogen) atoms. The van der Waals surface area contributed by atoms with Crippen LogP contribution in [0.1, 0.15) is 6.42 Å². The van der Waals surface area contributed by atoms with Gasteiger partial charge in [-0.3, -0.25) is 0 Å². The van der Waals surface area contributed by atoms with Crippen molar-refractivity contribution in [2.75, 3.05) is 13.1 Å². The Morgan fingerprint density at radius 2 is 1.06 bits per heavy atom. The molecule has 3 aliphatic rings. The monoisotopic (exact) mass is 483 g/mol. The first kappa shape index (κ1) is 27.0. The van der Waals surface area contributed by atoms with E-state index < -0.39 is 91.7 Å². The van der Waals surface area contributed by atoms with Crippen molar-refractivity contribution >= 4 is 0 Å². The molecule has 3 fully saturated rings. The smallest absolute Gasteiger partial charge is 0.187 e. The summed E-state index contributed by atoms with van der Waals surface area (Å²) in [6, 6.07) is -2.73. The van der Waals surface area contributed by atoms with Crippen molar-refractivity contribution in [2.45, 2.75) is 98.2 Å². The first-order valence-electron chi connectivity index (χ1n) is 10.9. The molecular weight excluding hydrogens is 446 g/mol. The molecule has 0 aromatic carbocycles. The molecule has 1 aliphatic carbocycles. The molecule has 16 N–H and O–H groups in total. The van der Waals surface area contributed by atoms with Gasteiger partial charge in [-0.15, -0.1) is 0 Å². The second-order valence-corrected chi connectivity index (χ2v) is 8.84. The zero-order valence-electron chi connectivity index (χ0n) is 18.0. The van der Waals surface area contributed by atoms with Gasteiger partial charge in [-0.25, -0.2) is 0 Å². The molecule has 15 nitrogen and oxygen atoms in total. The summed E-state index contributed by atoms with van der Waals surface area (Å²) in [6.07, 6.45) is -15.8. The van der Waals surface area contributed by atoms with Crippen LogP contribution in [0.3, 0.4) is 0 Å². The third-order valence-corrected chi connectivity index (χ3v) is 6.53. The summed E-state index contributed by atoms with van der Waals surface area (Å²) < 4.78 is 22.4. The third kappa shape index (κ3) is 5.32. The number of aliphatic hydroxyl groups is 6. The molecule has 15 heteroatoms. The lowest BCUT2D eigenvalue weighted by atomic mass is 9.84. The molecule has 1 saturated carbocycles. The lowest BCUT2D eigenvalue weighted by Gasteiger charge is -2.48. The van der Waals surface area contributed by atoms with E-state index in [1.165, 1.54) is 0 Å². The molecule has 2 heterocycles. The van der Waals surface area contributed by atoms with Gasteiger partial charge in [0, 0.05) is 25.2 Å². The summed E-state index contributed by atoms with van der Waals surface area (Å²) in [5.74, 6) is 0. The van der Waals surface area contributed by atoms with E-state index in [0.717, 1.165) is 0 Å². The van der Waals surface area contributed by atoms with Crippen LogP contribution in [0.15, 0.2) is 0 Å². The summed E-state index contributed by atoms with van der Waals surface area (Å²) in [5, 5.41) is 61.7. The van der Waals surface area contributed by atoms with Crippen LogP contribution in [-0.2, 0) is 18.9 Å². The van der Waals surface area contributed by atoms with Crippen molar-refractivity contribution < 1.29 is 49.6 Å². The van der Waals surface area contributed by atoms with Crippen molar-refractivity contribution in [2.24, 2.45) is 28.7 Å². The van der Waals surface area contributed by atoms with E-state index in [1.54, 1.807) is 0 Å². The highest BCUT2D eigenvalue weighted by Crippen LogP contribution is 2.31. The molecule has 0 bridgehead atoms. The Bertz CT molecular complexity index is 585. The molecule has 3 rings (SSSR count). The van der Waals surface area contributed by atoms with Gasteiger partial charge in [0.25, 0.3) is 0 Å². The van der Waals surface area contributed by atoms with Gasteiger partial charge in [-0.05, 0) is 6.42 Å². The summed E-state index contributed by atoms with van der Waals surface area (Å²) in [5.41, 5.74) is 29.2. The lowest BCUT2D eigenvalue weighted by Crippen LogP contribution is -2.68.